The van der Waals surface area contributed by atoms with Crippen molar-refractivity contribution in [3.05, 3.63) is 118 Å². The van der Waals surface area contributed by atoms with Crippen molar-refractivity contribution >= 4 is 23.3 Å². The van der Waals surface area contributed by atoms with Crippen molar-refractivity contribution in [2.45, 2.75) is 30.7 Å². The second-order valence-electron chi connectivity index (χ2n) is 10.4. The SMILES string of the molecule is O=C(c1nn2c(c1Cl)N[C@H](c1ccccc1)C[C@H]2C(F)(F)F)N1CCN(C(c2ccccc2)c2ccccc2)CC1. The molecule has 6 rings (SSSR count). The molecule has 0 unspecified atom stereocenters. The maximum absolute atomic E-state index is 14.2. The highest BCUT2D eigenvalue weighted by molar-refractivity contribution is 6.36. The summed E-state index contributed by atoms with van der Waals surface area (Å²) < 4.78 is 43.4. The molecule has 3 aromatic carbocycles. The van der Waals surface area contributed by atoms with Crippen LogP contribution in [0, 0.1) is 0 Å². The van der Waals surface area contributed by atoms with Crippen LogP contribution in [0.4, 0.5) is 19.0 Å². The zero-order valence-electron chi connectivity index (χ0n) is 22.1. The van der Waals surface area contributed by atoms with E-state index in [1.54, 1.807) is 29.2 Å². The van der Waals surface area contributed by atoms with Gasteiger partial charge < -0.3 is 10.2 Å². The molecule has 2 atom stereocenters. The van der Waals surface area contributed by atoms with Crippen molar-refractivity contribution < 1.29 is 18.0 Å². The maximum Gasteiger partial charge on any atom is 0.410 e. The third kappa shape index (κ3) is 5.44. The molecule has 1 fully saturated rings. The predicted octanol–water partition coefficient (Wildman–Crippen LogP) is 6.74. The fourth-order valence-corrected chi connectivity index (χ4v) is 6.11. The van der Waals surface area contributed by atoms with Crippen molar-refractivity contribution in [1.82, 2.24) is 19.6 Å². The number of hydrogen-bond acceptors (Lipinski definition) is 4. The molecular formula is C31H29ClF3N5O. The molecule has 1 saturated heterocycles. The molecule has 3 heterocycles. The van der Waals surface area contributed by atoms with Crippen LogP contribution < -0.4 is 5.32 Å². The van der Waals surface area contributed by atoms with Crippen LogP contribution in [0.2, 0.25) is 5.02 Å². The van der Waals surface area contributed by atoms with Gasteiger partial charge in [-0.3, -0.25) is 9.69 Å². The number of rotatable bonds is 5. The Labute approximate surface area is 241 Å². The number of aromatic nitrogens is 2. The lowest BCUT2D eigenvalue weighted by Gasteiger charge is -2.39. The van der Waals surface area contributed by atoms with E-state index in [-0.39, 0.29) is 29.0 Å². The first-order valence-electron chi connectivity index (χ1n) is 13.6. The van der Waals surface area contributed by atoms with Crippen LogP contribution in [0.15, 0.2) is 91.0 Å². The van der Waals surface area contributed by atoms with Crippen molar-refractivity contribution in [2.24, 2.45) is 0 Å². The second kappa shape index (κ2) is 11.2. The largest absolute Gasteiger partial charge is 0.410 e. The Balaban J connectivity index is 1.23. The number of hydrogen-bond donors (Lipinski definition) is 1. The van der Waals surface area contributed by atoms with E-state index in [2.05, 4.69) is 39.6 Å². The van der Waals surface area contributed by atoms with E-state index in [0.29, 0.717) is 31.7 Å². The highest BCUT2D eigenvalue weighted by atomic mass is 35.5. The third-order valence-corrected chi connectivity index (χ3v) is 8.26. The highest BCUT2D eigenvalue weighted by Crippen LogP contribution is 2.46. The lowest BCUT2D eigenvalue weighted by atomic mass is 9.96. The van der Waals surface area contributed by atoms with E-state index in [4.69, 9.17) is 11.6 Å². The van der Waals surface area contributed by atoms with Crippen molar-refractivity contribution in [3.63, 3.8) is 0 Å². The molecule has 212 valence electrons. The molecule has 1 amide bonds. The molecule has 0 bridgehead atoms. The monoisotopic (exact) mass is 579 g/mol. The average Bonchev–Trinajstić information content (AvgIpc) is 3.34. The topological polar surface area (TPSA) is 53.4 Å². The summed E-state index contributed by atoms with van der Waals surface area (Å²) in [6, 6.07) is 26.8. The summed E-state index contributed by atoms with van der Waals surface area (Å²) in [6.07, 6.45) is -4.82. The molecule has 6 nitrogen and oxygen atoms in total. The molecule has 1 aromatic heterocycles. The van der Waals surface area contributed by atoms with Crippen LogP contribution >= 0.6 is 11.6 Å². The molecule has 2 aliphatic heterocycles. The van der Waals surface area contributed by atoms with E-state index in [1.165, 1.54) is 0 Å². The van der Waals surface area contributed by atoms with Crippen LogP contribution in [0.3, 0.4) is 0 Å². The van der Waals surface area contributed by atoms with E-state index < -0.39 is 24.2 Å². The molecule has 0 radical (unpaired) electrons. The lowest BCUT2D eigenvalue weighted by molar-refractivity contribution is -0.173. The highest BCUT2D eigenvalue weighted by Gasteiger charge is 2.48. The summed E-state index contributed by atoms with van der Waals surface area (Å²) in [5, 5.41) is 7.17. The molecule has 41 heavy (non-hydrogen) atoms. The summed E-state index contributed by atoms with van der Waals surface area (Å²) in [4.78, 5) is 17.5. The number of carbonyl (C=O) groups excluding carboxylic acids is 1. The minimum Gasteiger partial charge on any atom is -0.362 e. The molecule has 2 aliphatic rings. The van der Waals surface area contributed by atoms with E-state index in [9.17, 15) is 18.0 Å². The molecule has 0 saturated carbocycles. The normalized spacial score (nSPS) is 19.6. The average molecular weight is 580 g/mol. The minimum absolute atomic E-state index is 0.0179. The molecule has 1 N–H and O–H groups in total. The number of nitrogens with one attached hydrogen (secondary N) is 1. The van der Waals surface area contributed by atoms with Gasteiger partial charge in [-0.1, -0.05) is 103 Å². The van der Waals surface area contributed by atoms with Crippen LogP contribution in [0.5, 0.6) is 0 Å². The summed E-state index contributed by atoms with van der Waals surface area (Å²) in [5.74, 6) is -0.448. The molecular weight excluding hydrogens is 551 g/mol. The van der Waals surface area contributed by atoms with E-state index in [0.717, 1.165) is 15.8 Å². The number of nitrogens with zero attached hydrogens (tertiary/aromatic N) is 4. The predicted molar refractivity (Wildman–Crippen MR) is 152 cm³/mol. The van der Waals surface area contributed by atoms with Gasteiger partial charge in [-0.05, 0) is 16.7 Å². The number of halogens is 4. The van der Waals surface area contributed by atoms with Crippen molar-refractivity contribution in [1.29, 1.82) is 0 Å². The van der Waals surface area contributed by atoms with Gasteiger partial charge in [0.1, 0.15) is 10.8 Å². The first-order valence-corrected chi connectivity index (χ1v) is 14.0. The fraction of sp³-hybridized carbons (Fsp3) is 0.290. The first-order chi connectivity index (χ1) is 19.8. The summed E-state index contributed by atoms with van der Waals surface area (Å²) >= 11 is 6.59. The third-order valence-electron chi connectivity index (χ3n) is 7.90. The number of anilines is 1. The Morgan fingerprint density at radius 1 is 0.854 bits per heavy atom. The van der Waals surface area contributed by atoms with Gasteiger partial charge in [0, 0.05) is 32.6 Å². The Hall–Kier alpha value is -3.82. The van der Waals surface area contributed by atoms with Crippen molar-refractivity contribution in [3.8, 4) is 0 Å². The summed E-state index contributed by atoms with van der Waals surface area (Å²) in [6.45, 7) is 1.97. The zero-order valence-corrected chi connectivity index (χ0v) is 22.9. The van der Waals surface area contributed by atoms with Gasteiger partial charge >= 0.3 is 6.18 Å². The first kappa shape index (κ1) is 27.4. The number of amides is 1. The van der Waals surface area contributed by atoms with Crippen LogP contribution in [-0.2, 0) is 0 Å². The standard InChI is InChI=1S/C31H29ClF3N5O/c32-26-27(37-40-25(31(33,34)35)20-24(36-29(26)40)21-10-4-1-5-11-21)30(41)39-18-16-38(17-19-39)28(22-12-6-2-7-13-22)23-14-8-3-9-15-23/h1-15,24-25,28,36H,16-20H2/t24-,25-/m0/s1. The van der Waals surface area contributed by atoms with Gasteiger partial charge in [0.05, 0.1) is 12.1 Å². The number of carbonyl (C=O) groups is 1. The van der Waals surface area contributed by atoms with Gasteiger partial charge in [-0.25, -0.2) is 4.68 Å². The van der Waals surface area contributed by atoms with E-state index in [1.807, 2.05) is 42.5 Å². The maximum atomic E-state index is 14.2. The van der Waals surface area contributed by atoms with Gasteiger partial charge in [0.2, 0.25) is 0 Å². The number of alkyl halides is 3. The molecule has 0 spiro atoms. The van der Waals surface area contributed by atoms with Gasteiger partial charge in [-0.15, -0.1) is 0 Å². The smallest absolute Gasteiger partial charge is 0.362 e. The second-order valence-corrected chi connectivity index (χ2v) is 10.8. The van der Waals surface area contributed by atoms with Crippen LogP contribution in [0.1, 0.15) is 51.7 Å². The Kier molecular flexibility index (Phi) is 7.48. The van der Waals surface area contributed by atoms with Crippen LogP contribution in [-0.4, -0.2) is 57.8 Å². The lowest BCUT2D eigenvalue weighted by Crippen LogP contribution is -2.50. The molecule has 10 heteroatoms. The summed E-state index contributed by atoms with van der Waals surface area (Å²) in [5.41, 5.74) is 2.86. The molecule has 4 aromatic rings. The minimum atomic E-state index is -4.56. The number of fused-ring (bicyclic) bond motifs is 1. The number of piperazine rings is 1. The Morgan fingerprint density at radius 3 is 1.93 bits per heavy atom. The zero-order chi connectivity index (χ0) is 28.6. The Bertz CT molecular complexity index is 1450. The van der Waals surface area contributed by atoms with Gasteiger partial charge in [-0.2, -0.15) is 18.3 Å². The van der Waals surface area contributed by atoms with Gasteiger partial charge in [0.25, 0.3) is 5.91 Å². The summed E-state index contributed by atoms with van der Waals surface area (Å²) in [7, 11) is 0. The quantitative estimate of drug-likeness (QED) is 0.284. The van der Waals surface area contributed by atoms with Crippen LogP contribution in [0.25, 0.3) is 0 Å². The number of benzene rings is 3. The van der Waals surface area contributed by atoms with Gasteiger partial charge in [0.15, 0.2) is 11.7 Å². The Morgan fingerprint density at radius 2 is 1.39 bits per heavy atom. The van der Waals surface area contributed by atoms with E-state index >= 15 is 0 Å². The molecule has 0 aliphatic carbocycles. The van der Waals surface area contributed by atoms with Crippen molar-refractivity contribution in [2.75, 3.05) is 31.5 Å². The fourth-order valence-electron chi connectivity index (χ4n) is 5.85.